The number of carboxylic acid groups (broad SMARTS) is 1. The molecule has 5 nitrogen and oxygen atoms in total. The van der Waals surface area contributed by atoms with Gasteiger partial charge >= 0.3 is 5.97 Å². The van der Waals surface area contributed by atoms with Crippen LogP contribution >= 0.6 is 0 Å². The summed E-state index contributed by atoms with van der Waals surface area (Å²) in [6, 6.07) is 0. The Kier molecular flexibility index (Phi) is 10.3. The molecule has 2 unspecified atom stereocenters. The number of quaternary nitrogens is 1. The normalized spacial score (nSPS) is 21.0. The van der Waals surface area contributed by atoms with E-state index in [0.717, 1.165) is 25.1 Å². The highest BCUT2D eigenvalue weighted by Crippen LogP contribution is 2.22. The molecular formula is C20H36N3O2+. The van der Waals surface area contributed by atoms with Gasteiger partial charge in [-0.1, -0.05) is 57.6 Å². The highest BCUT2D eigenvalue weighted by Gasteiger charge is 2.40. The van der Waals surface area contributed by atoms with Crippen LogP contribution in [0.15, 0.2) is 29.5 Å². The van der Waals surface area contributed by atoms with Crippen LogP contribution in [-0.2, 0) is 4.79 Å². The molecule has 0 aromatic rings. The lowest BCUT2D eigenvalue weighted by atomic mass is 10.1. The van der Waals surface area contributed by atoms with Crippen molar-refractivity contribution in [2.24, 2.45) is 10.7 Å². The van der Waals surface area contributed by atoms with E-state index >= 15 is 0 Å². The zero-order valence-corrected chi connectivity index (χ0v) is 16.0. The van der Waals surface area contributed by atoms with Crippen molar-refractivity contribution >= 4 is 11.8 Å². The Morgan fingerprint density at radius 3 is 2.48 bits per heavy atom. The number of nitrogens with zero attached hydrogens (tertiary/aromatic N) is 2. The lowest BCUT2D eigenvalue weighted by Gasteiger charge is -2.34. The number of hydrogen-bond acceptors (Lipinski definition) is 3. The number of unbranched alkanes of at least 4 members (excludes halogenated alkanes) is 7. The van der Waals surface area contributed by atoms with E-state index < -0.39 is 5.97 Å². The molecule has 2 atom stereocenters. The summed E-state index contributed by atoms with van der Waals surface area (Å²) in [6.07, 6.45) is 19.7. The van der Waals surface area contributed by atoms with Crippen LogP contribution in [0.25, 0.3) is 0 Å². The van der Waals surface area contributed by atoms with Crippen LogP contribution in [0.1, 0.15) is 78.1 Å². The fraction of sp³-hybridized carbons (Fsp3) is 0.700. The lowest BCUT2D eigenvalue weighted by Crippen LogP contribution is -2.59. The number of rotatable bonds is 14. The Balaban J connectivity index is 2.25. The van der Waals surface area contributed by atoms with E-state index in [4.69, 9.17) is 5.73 Å². The molecule has 1 aliphatic heterocycles. The molecule has 1 rings (SSSR count). The molecule has 5 heteroatoms. The van der Waals surface area contributed by atoms with Gasteiger partial charge in [0, 0.05) is 13.3 Å². The van der Waals surface area contributed by atoms with Crippen molar-refractivity contribution in [1.82, 2.24) is 0 Å². The van der Waals surface area contributed by atoms with E-state index in [0.29, 0.717) is 0 Å². The van der Waals surface area contributed by atoms with E-state index in [1.807, 2.05) is 6.92 Å². The Hall–Kier alpha value is -1.46. The Morgan fingerprint density at radius 2 is 1.84 bits per heavy atom. The highest BCUT2D eigenvalue weighted by atomic mass is 16.4. The van der Waals surface area contributed by atoms with Crippen molar-refractivity contribution in [3.05, 3.63) is 24.6 Å². The third-order valence-electron chi connectivity index (χ3n) is 4.84. The molecule has 0 aromatic carbocycles. The molecule has 3 N–H and O–H groups in total. The minimum atomic E-state index is -0.856. The largest absolute Gasteiger partial charge is 0.477 e. The summed E-state index contributed by atoms with van der Waals surface area (Å²) >= 11 is 0. The van der Waals surface area contributed by atoms with Crippen molar-refractivity contribution in [3.63, 3.8) is 0 Å². The van der Waals surface area contributed by atoms with Crippen molar-refractivity contribution in [1.29, 1.82) is 0 Å². The molecule has 0 fully saturated rings. The molecule has 25 heavy (non-hydrogen) atoms. The van der Waals surface area contributed by atoms with Crippen molar-refractivity contribution in [2.45, 2.75) is 84.2 Å². The van der Waals surface area contributed by atoms with Gasteiger partial charge in [0.25, 0.3) is 0 Å². The van der Waals surface area contributed by atoms with Crippen LogP contribution in [0, 0.1) is 0 Å². The summed E-state index contributed by atoms with van der Waals surface area (Å²) in [5, 5.41) is 9.19. The quantitative estimate of drug-likeness (QED) is 0.274. The Morgan fingerprint density at radius 1 is 1.20 bits per heavy atom. The molecule has 1 heterocycles. The summed E-state index contributed by atoms with van der Waals surface area (Å²) in [5.74, 6) is -0.0102. The van der Waals surface area contributed by atoms with Gasteiger partial charge in [-0.3, -0.25) is 5.73 Å². The molecule has 0 saturated carbocycles. The van der Waals surface area contributed by atoms with Crippen molar-refractivity contribution in [2.75, 3.05) is 6.54 Å². The second-order valence-corrected chi connectivity index (χ2v) is 6.99. The summed E-state index contributed by atoms with van der Waals surface area (Å²) < 4.78 is 0.140. The second kappa shape index (κ2) is 12.0. The standard InChI is InChI=1S/C20H35N3O2/c1-3-4-5-6-7-8-9-10-11-12-13-14-19-22-15-16-23(19,18(2)21)17-20(24)25/h11-12,15-16,18H,3-10,13-14,17,21H2,1-2H3/p+1/b12-11+. The first-order chi connectivity index (χ1) is 12.0. The third-order valence-corrected chi connectivity index (χ3v) is 4.84. The monoisotopic (exact) mass is 350 g/mol. The maximum absolute atomic E-state index is 11.2. The number of carbonyl (C=O) groups is 1. The molecule has 0 aliphatic carbocycles. The van der Waals surface area contributed by atoms with Gasteiger partial charge in [0.2, 0.25) is 5.84 Å². The Labute approximate surface area is 152 Å². The van der Waals surface area contributed by atoms with Gasteiger partial charge in [-0.15, -0.1) is 0 Å². The van der Waals surface area contributed by atoms with Crippen LogP contribution in [-0.4, -0.2) is 34.1 Å². The Bertz CT molecular complexity index is 483. The minimum absolute atomic E-state index is 0.0469. The lowest BCUT2D eigenvalue weighted by molar-refractivity contribution is -0.805. The first-order valence-electron chi connectivity index (χ1n) is 9.77. The number of amidine groups is 1. The third kappa shape index (κ3) is 7.53. The zero-order valence-electron chi connectivity index (χ0n) is 16.0. The van der Waals surface area contributed by atoms with Crippen LogP contribution < -0.4 is 5.73 Å². The predicted octanol–water partition coefficient (Wildman–Crippen LogP) is 4.55. The van der Waals surface area contributed by atoms with Gasteiger partial charge in [0.1, 0.15) is 12.4 Å². The van der Waals surface area contributed by atoms with Crippen LogP contribution in [0.2, 0.25) is 0 Å². The van der Waals surface area contributed by atoms with Crippen molar-refractivity contribution in [3.8, 4) is 0 Å². The average Bonchev–Trinajstić information content (AvgIpc) is 2.96. The molecule has 142 valence electrons. The van der Waals surface area contributed by atoms with E-state index in [-0.39, 0.29) is 17.2 Å². The SMILES string of the molecule is CCCCCCCCC/C=C/CCC1=NC=C[N+]1(CC(=O)O)C(C)N. The highest BCUT2D eigenvalue weighted by molar-refractivity contribution is 5.81. The molecule has 0 bridgehead atoms. The molecule has 0 spiro atoms. The number of carboxylic acids is 1. The first-order valence-corrected chi connectivity index (χ1v) is 9.77. The van der Waals surface area contributed by atoms with Gasteiger partial charge in [0.15, 0.2) is 6.54 Å². The second-order valence-electron chi connectivity index (χ2n) is 6.99. The number of nitrogens with two attached hydrogens (primary N) is 1. The topological polar surface area (TPSA) is 75.7 Å². The van der Waals surface area contributed by atoms with Gasteiger partial charge < -0.3 is 5.11 Å². The summed E-state index contributed by atoms with van der Waals surface area (Å²) in [7, 11) is 0. The zero-order chi connectivity index (χ0) is 18.5. The predicted molar refractivity (Wildman–Crippen MR) is 104 cm³/mol. The van der Waals surface area contributed by atoms with Gasteiger partial charge in [0.05, 0.1) is 6.20 Å². The fourth-order valence-corrected chi connectivity index (χ4v) is 3.25. The molecule has 0 amide bonds. The van der Waals surface area contributed by atoms with E-state index in [1.54, 1.807) is 12.4 Å². The fourth-order valence-electron chi connectivity index (χ4n) is 3.25. The number of aliphatic imine (C=N–C) groups is 1. The minimum Gasteiger partial charge on any atom is -0.477 e. The number of allylic oxidation sites excluding steroid dienone is 2. The molecule has 1 aliphatic rings. The summed E-state index contributed by atoms with van der Waals surface area (Å²) in [4.78, 5) is 15.6. The van der Waals surface area contributed by atoms with Gasteiger partial charge in [-0.2, -0.15) is 0 Å². The maximum Gasteiger partial charge on any atom is 0.360 e. The number of hydrogen-bond donors (Lipinski definition) is 2. The van der Waals surface area contributed by atoms with Crippen LogP contribution in [0.3, 0.4) is 0 Å². The van der Waals surface area contributed by atoms with Crippen LogP contribution in [0.4, 0.5) is 0 Å². The average molecular weight is 351 g/mol. The summed E-state index contributed by atoms with van der Waals surface area (Å²) in [6.45, 7) is 4.04. The van der Waals surface area contributed by atoms with E-state index in [1.165, 1.54) is 44.9 Å². The van der Waals surface area contributed by atoms with Crippen LogP contribution in [0.5, 0.6) is 0 Å². The van der Waals surface area contributed by atoms with E-state index in [2.05, 4.69) is 24.1 Å². The summed E-state index contributed by atoms with van der Waals surface area (Å²) in [5.41, 5.74) is 6.06. The van der Waals surface area contributed by atoms with Gasteiger partial charge in [-0.05, 0) is 19.3 Å². The molecule has 0 radical (unpaired) electrons. The van der Waals surface area contributed by atoms with E-state index in [9.17, 15) is 9.90 Å². The first kappa shape index (κ1) is 21.6. The smallest absolute Gasteiger partial charge is 0.360 e. The maximum atomic E-state index is 11.2. The molecule has 0 saturated heterocycles. The molecular weight excluding hydrogens is 314 g/mol. The molecule has 0 aromatic heterocycles. The van der Waals surface area contributed by atoms with Gasteiger partial charge in [-0.25, -0.2) is 14.3 Å². The van der Waals surface area contributed by atoms with Crippen molar-refractivity contribution < 1.29 is 14.4 Å². The number of aliphatic carboxylic acids is 1.